The number of carbonyl (C=O) groups is 1. The van der Waals surface area contributed by atoms with Crippen LogP contribution >= 0.6 is 27.5 Å². The zero-order chi connectivity index (χ0) is 12.7. The Labute approximate surface area is 99.3 Å². The quantitative estimate of drug-likeness (QED) is 0.329. The van der Waals surface area contributed by atoms with Crippen LogP contribution in [0.25, 0.3) is 0 Å². The number of hydrogen-bond acceptors (Lipinski definition) is 1. The fraction of sp³-hybridized carbons (Fsp3) is 0.125. The molecule has 0 aliphatic heterocycles. The Balaban J connectivity index is 3.47. The van der Waals surface area contributed by atoms with Crippen LogP contribution in [-0.2, 0) is 0 Å². The van der Waals surface area contributed by atoms with Gasteiger partial charge >= 0.3 is 6.18 Å². The summed E-state index contributed by atoms with van der Waals surface area (Å²) in [6.07, 6.45) is -5.26. The van der Waals surface area contributed by atoms with Crippen LogP contribution in [0.4, 0.5) is 22.0 Å². The van der Waals surface area contributed by atoms with E-state index in [-0.39, 0.29) is 0 Å². The van der Waals surface area contributed by atoms with Gasteiger partial charge in [-0.25, -0.2) is 8.78 Å². The molecule has 0 amide bonds. The molecular formula is C8HBrClF5O. The topological polar surface area (TPSA) is 17.1 Å². The van der Waals surface area contributed by atoms with Crippen molar-refractivity contribution in [2.45, 2.75) is 6.18 Å². The van der Waals surface area contributed by atoms with Crippen molar-refractivity contribution in [1.29, 1.82) is 0 Å². The van der Waals surface area contributed by atoms with E-state index in [1.165, 1.54) is 0 Å². The summed E-state index contributed by atoms with van der Waals surface area (Å²) >= 11 is 7.52. The molecule has 0 radical (unpaired) electrons. The average molecular weight is 323 g/mol. The zero-order valence-corrected chi connectivity index (χ0v) is 9.47. The van der Waals surface area contributed by atoms with Crippen molar-refractivity contribution in [2.24, 2.45) is 0 Å². The number of halogens is 7. The number of alkyl halides is 3. The molecule has 16 heavy (non-hydrogen) atoms. The van der Waals surface area contributed by atoms with Gasteiger partial charge in [0.25, 0.3) is 5.78 Å². The lowest BCUT2D eigenvalue weighted by atomic mass is 10.1. The molecule has 0 saturated carbocycles. The van der Waals surface area contributed by atoms with E-state index in [2.05, 4.69) is 15.9 Å². The molecule has 0 atom stereocenters. The predicted octanol–water partition coefficient (Wildman–Crippen LogP) is 4.13. The van der Waals surface area contributed by atoms with Crippen LogP contribution in [0, 0.1) is 11.6 Å². The van der Waals surface area contributed by atoms with Gasteiger partial charge < -0.3 is 0 Å². The second-order valence-electron chi connectivity index (χ2n) is 2.67. The molecule has 0 aliphatic rings. The van der Waals surface area contributed by atoms with E-state index in [9.17, 15) is 26.7 Å². The molecule has 0 unspecified atom stereocenters. The molecule has 0 saturated heterocycles. The highest BCUT2D eigenvalue weighted by Gasteiger charge is 2.42. The van der Waals surface area contributed by atoms with Gasteiger partial charge in [-0.1, -0.05) is 11.6 Å². The fourth-order valence-corrected chi connectivity index (χ4v) is 1.62. The number of benzene rings is 1. The van der Waals surface area contributed by atoms with Gasteiger partial charge in [-0.2, -0.15) is 13.2 Å². The van der Waals surface area contributed by atoms with Crippen molar-refractivity contribution in [3.05, 3.63) is 32.8 Å². The molecule has 0 heterocycles. The largest absolute Gasteiger partial charge is 0.455 e. The van der Waals surface area contributed by atoms with E-state index < -0.39 is 38.7 Å². The minimum absolute atomic E-state index is 0.490. The number of Topliss-reactive ketones (excluding diaryl/α,β-unsaturated/α-hetero) is 1. The minimum Gasteiger partial charge on any atom is -0.284 e. The van der Waals surface area contributed by atoms with Crippen LogP contribution in [-0.4, -0.2) is 12.0 Å². The van der Waals surface area contributed by atoms with Crippen LogP contribution in [0.15, 0.2) is 10.5 Å². The van der Waals surface area contributed by atoms with Crippen LogP contribution in [0.1, 0.15) is 10.4 Å². The number of hydrogen-bond donors (Lipinski definition) is 0. The lowest BCUT2D eigenvalue weighted by Gasteiger charge is -2.09. The highest BCUT2D eigenvalue weighted by atomic mass is 79.9. The van der Waals surface area contributed by atoms with Gasteiger partial charge in [0, 0.05) is 4.47 Å². The second-order valence-corrected chi connectivity index (χ2v) is 3.90. The Morgan fingerprint density at radius 2 is 1.81 bits per heavy atom. The lowest BCUT2D eigenvalue weighted by molar-refractivity contribution is -0.0888. The first-order chi connectivity index (χ1) is 7.16. The monoisotopic (exact) mass is 322 g/mol. The van der Waals surface area contributed by atoms with E-state index in [1.54, 1.807) is 0 Å². The predicted molar refractivity (Wildman–Crippen MR) is 49.5 cm³/mol. The average Bonchev–Trinajstić information content (AvgIpc) is 2.13. The lowest BCUT2D eigenvalue weighted by Crippen LogP contribution is -2.24. The normalized spacial score (nSPS) is 11.7. The van der Waals surface area contributed by atoms with E-state index in [0.29, 0.717) is 6.07 Å². The summed E-state index contributed by atoms with van der Waals surface area (Å²) in [5.74, 6) is -5.43. The molecule has 1 nitrogen and oxygen atoms in total. The summed E-state index contributed by atoms with van der Waals surface area (Å²) in [6, 6.07) is 0.490. The third kappa shape index (κ3) is 2.35. The summed E-state index contributed by atoms with van der Waals surface area (Å²) in [4.78, 5) is 10.8. The summed E-state index contributed by atoms with van der Waals surface area (Å²) in [6.45, 7) is 0. The maximum atomic E-state index is 13.2. The van der Waals surface area contributed by atoms with Gasteiger partial charge in [0.15, 0.2) is 5.82 Å². The van der Waals surface area contributed by atoms with Gasteiger partial charge in [-0.05, 0) is 22.0 Å². The number of ketones is 1. The number of carbonyl (C=O) groups excluding carboxylic acids is 1. The molecule has 1 rings (SSSR count). The van der Waals surface area contributed by atoms with Crippen molar-refractivity contribution in [3.8, 4) is 0 Å². The summed E-state index contributed by atoms with van der Waals surface area (Å²) in [5.41, 5.74) is -1.33. The van der Waals surface area contributed by atoms with Crippen molar-refractivity contribution in [2.75, 3.05) is 0 Å². The Bertz CT molecular complexity index is 457. The van der Waals surface area contributed by atoms with E-state index in [0.717, 1.165) is 0 Å². The molecule has 88 valence electrons. The standard InChI is InChI=1S/C8HBrClF5O/c9-2-1-3(11)5(10)6(12)4(2)7(16)8(13,14)15/h1H. The maximum absolute atomic E-state index is 13.2. The van der Waals surface area contributed by atoms with Crippen molar-refractivity contribution >= 4 is 33.3 Å². The van der Waals surface area contributed by atoms with Gasteiger partial charge in [0.05, 0.1) is 5.56 Å². The second kappa shape index (κ2) is 4.29. The van der Waals surface area contributed by atoms with Crippen LogP contribution < -0.4 is 0 Å². The van der Waals surface area contributed by atoms with E-state index >= 15 is 0 Å². The molecule has 8 heteroatoms. The summed E-state index contributed by atoms with van der Waals surface area (Å²) in [7, 11) is 0. The third-order valence-electron chi connectivity index (χ3n) is 1.60. The highest BCUT2D eigenvalue weighted by molar-refractivity contribution is 9.10. The smallest absolute Gasteiger partial charge is 0.284 e. The number of rotatable bonds is 1. The van der Waals surface area contributed by atoms with E-state index in [4.69, 9.17) is 11.6 Å². The minimum atomic E-state index is -5.26. The Morgan fingerprint density at radius 1 is 1.31 bits per heavy atom. The Kier molecular flexibility index (Phi) is 3.59. The first kappa shape index (κ1) is 13.4. The van der Waals surface area contributed by atoms with Gasteiger partial charge in [0.1, 0.15) is 10.8 Å². The molecule has 0 spiro atoms. The third-order valence-corrected chi connectivity index (χ3v) is 2.57. The molecule has 0 fully saturated rings. The SMILES string of the molecule is O=C(c1c(Br)cc(F)c(Cl)c1F)C(F)(F)F. The van der Waals surface area contributed by atoms with Gasteiger partial charge in [-0.15, -0.1) is 0 Å². The Hall–Kier alpha value is -0.690. The van der Waals surface area contributed by atoms with Crippen LogP contribution in [0.5, 0.6) is 0 Å². The van der Waals surface area contributed by atoms with E-state index in [1.807, 2.05) is 0 Å². The molecule has 1 aromatic rings. The maximum Gasteiger partial charge on any atom is 0.455 e. The zero-order valence-electron chi connectivity index (χ0n) is 7.13. The van der Waals surface area contributed by atoms with Crippen molar-refractivity contribution in [3.63, 3.8) is 0 Å². The molecule has 0 bridgehead atoms. The van der Waals surface area contributed by atoms with Crippen molar-refractivity contribution in [1.82, 2.24) is 0 Å². The molecule has 0 N–H and O–H groups in total. The molecule has 0 aliphatic carbocycles. The summed E-state index contributed by atoms with van der Waals surface area (Å²) < 4.78 is 61.5. The molecule has 1 aromatic carbocycles. The Morgan fingerprint density at radius 3 is 2.25 bits per heavy atom. The van der Waals surface area contributed by atoms with Gasteiger partial charge in [-0.3, -0.25) is 4.79 Å². The highest BCUT2D eigenvalue weighted by Crippen LogP contribution is 2.33. The first-order valence-corrected chi connectivity index (χ1v) is 4.78. The first-order valence-electron chi connectivity index (χ1n) is 3.60. The van der Waals surface area contributed by atoms with Crippen LogP contribution in [0.3, 0.4) is 0 Å². The van der Waals surface area contributed by atoms with Gasteiger partial charge in [0.2, 0.25) is 0 Å². The summed E-state index contributed by atoms with van der Waals surface area (Å²) in [5, 5.41) is -1.16. The van der Waals surface area contributed by atoms with Crippen LogP contribution in [0.2, 0.25) is 5.02 Å². The molecule has 0 aromatic heterocycles. The molecular weight excluding hydrogens is 322 g/mol. The fourth-order valence-electron chi connectivity index (χ4n) is 0.916. The van der Waals surface area contributed by atoms with Crippen molar-refractivity contribution < 1.29 is 26.7 Å².